The number of aromatic nitrogens is 1. The number of hydrogen-bond donors (Lipinski definition) is 2. The van der Waals surface area contributed by atoms with Gasteiger partial charge in [-0.15, -0.1) is 0 Å². The highest BCUT2D eigenvalue weighted by Gasteiger charge is 2.49. The lowest BCUT2D eigenvalue weighted by Gasteiger charge is -2.49. The maximum absolute atomic E-state index is 10.2. The Hall–Kier alpha value is -2.25. The van der Waals surface area contributed by atoms with Gasteiger partial charge in [-0.25, -0.2) is 4.98 Å². The Morgan fingerprint density at radius 2 is 1.58 bits per heavy atom. The van der Waals surface area contributed by atoms with Crippen molar-refractivity contribution in [1.29, 1.82) is 0 Å². The predicted octanol–water partition coefficient (Wildman–Crippen LogP) is 3.93. The maximum atomic E-state index is 10.2. The quantitative estimate of drug-likeness (QED) is 0.651. The molecule has 0 atom stereocenters. The molecule has 162 valence electrons. The predicted molar refractivity (Wildman–Crippen MR) is 128 cm³/mol. The lowest BCUT2D eigenvalue weighted by Crippen LogP contribution is -2.58. The van der Waals surface area contributed by atoms with E-state index in [2.05, 4.69) is 71.4 Å². The largest absolute Gasteiger partial charge is 0.390 e. The summed E-state index contributed by atoms with van der Waals surface area (Å²) in [5.41, 5.74) is 9.87. The van der Waals surface area contributed by atoms with Crippen molar-refractivity contribution in [3.05, 3.63) is 60.2 Å². The summed E-state index contributed by atoms with van der Waals surface area (Å²) in [4.78, 5) is 11.1. The Labute approximate surface area is 188 Å². The fourth-order valence-electron chi connectivity index (χ4n) is 4.89. The molecule has 5 nitrogen and oxygen atoms in total. The molecule has 1 aliphatic carbocycles. The topological polar surface area (TPSA) is 65.6 Å². The molecule has 0 unspecified atom stereocenters. The van der Waals surface area contributed by atoms with Gasteiger partial charge in [-0.05, 0) is 37.9 Å². The third kappa shape index (κ3) is 4.01. The zero-order valence-electron chi connectivity index (χ0n) is 18.2. The van der Waals surface area contributed by atoms with Crippen LogP contribution >= 0.6 is 11.3 Å². The van der Waals surface area contributed by atoms with E-state index in [-0.39, 0.29) is 0 Å². The lowest BCUT2D eigenvalue weighted by molar-refractivity contribution is -0.0738. The summed E-state index contributed by atoms with van der Waals surface area (Å²) in [6.07, 6.45) is 1.19. The molecule has 2 aromatic carbocycles. The van der Waals surface area contributed by atoms with E-state index in [1.165, 1.54) is 10.4 Å². The van der Waals surface area contributed by atoms with Gasteiger partial charge < -0.3 is 20.6 Å². The van der Waals surface area contributed by atoms with Crippen molar-refractivity contribution in [2.75, 3.05) is 38.1 Å². The molecule has 0 bridgehead atoms. The molecule has 0 radical (unpaired) electrons. The smallest absolute Gasteiger partial charge is 0.186 e. The Kier molecular flexibility index (Phi) is 5.13. The summed E-state index contributed by atoms with van der Waals surface area (Å²) in [6, 6.07) is 19.0. The molecule has 1 saturated heterocycles. The van der Waals surface area contributed by atoms with E-state index in [0.717, 1.165) is 48.1 Å². The van der Waals surface area contributed by atoms with E-state index >= 15 is 0 Å². The number of benzene rings is 2. The molecule has 1 saturated carbocycles. The van der Waals surface area contributed by atoms with Crippen LogP contribution in [0.1, 0.15) is 25.3 Å². The second kappa shape index (κ2) is 7.71. The van der Waals surface area contributed by atoms with Crippen molar-refractivity contribution in [3.8, 4) is 21.7 Å². The first-order chi connectivity index (χ1) is 14.8. The molecule has 31 heavy (non-hydrogen) atoms. The number of likely N-dealkylation sites (N-methyl/N-ethyl adjacent to an activating group) is 1. The van der Waals surface area contributed by atoms with Crippen LogP contribution < -0.4 is 10.6 Å². The number of rotatable bonds is 4. The van der Waals surface area contributed by atoms with E-state index < -0.39 is 11.1 Å². The van der Waals surface area contributed by atoms with Crippen LogP contribution in [-0.2, 0) is 5.54 Å². The second-order valence-electron chi connectivity index (χ2n) is 9.41. The van der Waals surface area contributed by atoms with Crippen LogP contribution in [0.4, 0.5) is 5.13 Å². The highest BCUT2D eigenvalue weighted by Crippen LogP contribution is 2.47. The zero-order valence-corrected chi connectivity index (χ0v) is 19.0. The van der Waals surface area contributed by atoms with Crippen molar-refractivity contribution < 1.29 is 5.11 Å². The van der Waals surface area contributed by atoms with E-state index in [0.29, 0.717) is 12.8 Å². The van der Waals surface area contributed by atoms with Gasteiger partial charge in [-0.2, -0.15) is 0 Å². The van der Waals surface area contributed by atoms with Gasteiger partial charge >= 0.3 is 0 Å². The van der Waals surface area contributed by atoms with Gasteiger partial charge in [-0.1, -0.05) is 65.9 Å². The SMILES string of the molecule is CN1CCN(c2nc(-c3ccc(C4(N)CC(C)(O)C4)cc3)c(-c3ccccc3)s2)CC1. The highest BCUT2D eigenvalue weighted by molar-refractivity contribution is 7.19. The Morgan fingerprint density at radius 3 is 2.19 bits per heavy atom. The fourth-order valence-corrected chi connectivity index (χ4v) is 6.04. The van der Waals surface area contributed by atoms with Crippen LogP contribution in [0.25, 0.3) is 21.7 Å². The third-order valence-electron chi connectivity index (χ3n) is 6.55. The zero-order chi connectivity index (χ0) is 21.6. The molecule has 1 aliphatic heterocycles. The molecule has 3 N–H and O–H groups in total. The van der Waals surface area contributed by atoms with Gasteiger partial charge in [0.15, 0.2) is 5.13 Å². The van der Waals surface area contributed by atoms with Crippen LogP contribution in [0, 0.1) is 0 Å². The average molecular weight is 435 g/mol. The Bertz CT molecular complexity index is 1040. The minimum Gasteiger partial charge on any atom is -0.390 e. The number of piperazine rings is 1. The van der Waals surface area contributed by atoms with Crippen molar-refractivity contribution in [2.24, 2.45) is 5.73 Å². The minimum atomic E-state index is -0.653. The van der Waals surface area contributed by atoms with Gasteiger partial charge in [0.05, 0.1) is 16.2 Å². The summed E-state index contributed by atoms with van der Waals surface area (Å²) >= 11 is 1.78. The third-order valence-corrected chi connectivity index (χ3v) is 7.72. The number of anilines is 1. The number of thiazole rings is 1. The average Bonchev–Trinajstić information content (AvgIpc) is 3.19. The van der Waals surface area contributed by atoms with Gasteiger partial charge in [0.25, 0.3) is 0 Å². The molecule has 5 rings (SSSR count). The van der Waals surface area contributed by atoms with Crippen LogP contribution in [0.2, 0.25) is 0 Å². The molecule has 2 fully saturated rings. The summed E-state index contributed by atoms with van der Waals surface area (Å²) < 4.78 is 0. The molecule has 6 heteroatoms. The number of nitrogens with two attached hydrogens (primary N) is 1. The molecule has 3 aromatic rings. The van der Waals surface area contributed by atoms with E-state index in [9.17, 15) is 5.11 Å². The fraction of sp³-hybridized carbons (Fsp3) is 0.400. The first kappa shape index (κ1) is 20.6. The van der Waals surface area contributed by atoms with Crippen LogP contribution in [0.15, 0.2) is 54.6 Å². The molecule has 1 aromatic heterocycles. The van der Waals surface area contributed by atoms with Crippen molar-refractivity contribution in [3.63, 3.8) is 0 Å². The first-order valence-corrected chi connectivity index (χ1v) is 11.8. The van der Waals surface area contributed by atoms with E-state index in [4.69, 9.17) is 10.7 Å². The molecular weight excluding hydrogens is 404 g/mol. The van der Waals surface area contributed by atoms with Crippen molar-refractivity contribution in [1.82, 2.24) is 9.88 Å². The number of hydrogen-bond acceptors (Lipinski definition) is 6. The van der Waals surface area contributed by atoms with Gasteiger partial charge in [0.1, 0.15) is 0 Å². The Balaban J connectivity index is 1.49. The summed E-state index contributed by atoms with van der Waals surface area (Å²) in [5, 5.41) is 11.2. The molecule has 2 aliphatic rings. The number of aliphatic hydroxyl groups is 1. The second-order valence-corrected chi connectivity index (χ2v) is 10.4. The van der Waals surface area contributed by atoms with Gasteiger partial charge in [0.2, 0.25) is 0 Å². The standard InChI is InChI=1S/C25H30N4OS/c1-24(30)16-25(26,17-24)20-10-8-18(9-11-20)21-22(19-6-4-3-5-7-19)31-23(27-21)29-14-12-28(2)13-15-29/h3-11,30H,12-17,26H2,1-2H3. The normalized spacial score (nSPS) is 26.6. The summed E-state index contributed by atoms with van der Waals surface area (Å²) in [5.74, 6) is 0. The van der Waals surface area contributed by atoms with E-state index in [1.807, 2.05) is 6.92 Å². The summed E-state index contributed by atoms with van der Waals surface area (Å²) in [6.45, 7) is 5.99. The Morgan fingerprint density at radius 1 is 0.935 bits per heavy atom. The first-order valence-electron chi connectivity index (χ1n) is 10.9. The van der Waals surface area contributed by atoms with Gasteiger partial charge in [-0.3, -0.25) is 0 Å². The van der Waals surface area contributed by atoms with Crippen molar-refractivity contribution >= 4 is 16.5 Å². The van der Waals surface area contributed by atoms with Crippen LogP contribution in [0.5, 0.6) is 0 Å². The lowest BCUT2D eigenvalue weighted by atomic mass is 9.63. The maximum Gasteiger partial charge on any atom is 0.186 e. The summed E-state index contributed by atoms with van der Waals surface area (Å²) in [7, 11) is 2.17. The molecule has 0 amide bonds. The van der Waals surface area contributed by atoms with Crippen molar-refractivity contribution in [2.45, 2.75) is 30.9 Å². The van der Waals surface area contributed by atoms with Gasteiger partial charge in [0, 0.05) is 37.3 Å². The molecular formula is C25H30N4OS. The molecule has 2 heterocycles. The van der Waals surface area contributed by atoms with Crippen LogP contribution in [-0.4, -0.2) is 53.8 Å². The molecule has 0 spiro atoms. The number of nitrogens with zero attached hydrogens (tertiary/aromatic N) is 3. The highest BCUT2D eigenvalue weighted by atomic mass is 32.1. The monoisotopic (exact) mass is 434 g/mol. The van der Waals surface area contributed by atoms with Crippen LogP contribution in [0.3, 0.4) is 0 Å². The minimum absolute atomic E-state index is 0.433. The van der Waals surface area contributed by atoms with E-state index in [1.54, 1.807) is 11.3 Å².